The summed E-state index contributed by atoms with van der Waals surface area (Å²) in [7, 11) is 2.35. The number of hydrogen-bond acceptors (Lipinski definition) is 6. The average molecular weight is 506 g/mol. The minimum absolute atomic E-state index is 0.00917. The smallest absolute Gasteiger partial charge is 0.357 e. The van der Waals surface area contributed by atoms with Crippen molar-refractivity contribution in [2.45, 2.75) is 0 Å². The number of ether oxygens (including phenoxy) is 2. The molecule has 0 amide bonds. The molecular formula is C20H15IN2O6. The highest BCUT2D eigenvalue weighted by molar-refractivity contribution is 14.1. The summed E-state index contributed by atoms with van der Waals surface area (Å²) >= 11 is 1.99. The highest BCUT2D eigenvalue weighted by Gasteiger charge is 2.32. The Morgan fingerprint density at radius 3 is 2.24 bits per heavy atom. The van der Waals surface area contributed by atoms with Gasteiger partial charge in [-0.2, -0.15) is 5.10 Å². The maximum Gasteiger partial charge on any atom is 0.357 e. The molecule has 0 saturated heterocycles. The molecule has 3 aromatic rings. The van der Waals surface area contributed by atoms with Crippen molar-refractivity contribution in [2.75, 3.05) is 14.2 Å². The summed E-state index contributed by atoms with van der Waals surface area (Å²) in [4.78, 5) is 37.0. The van der Waals surface area contributed by atoms with Gasteiger partial charge in [0.15, 0.2) is 5.69 Å². The van der Waals surface area contributed by atoms with Crippen LogP contribution in [0.25, 0.3) is 16.9 Å². The standard InChI is InChI=1S/C20H15IN2O6/c1-28-19(26)15-16(13-9-8-11(21)10-14(13)18(24)25)22-23(17(15)20(27)29-2)12-6-4-3-5-7-12/h3-10H,1-2H3,(H,24,25). The Bertz CT molecular complexity index is 1110. The van der Waals surface area contributed by atoms with E-state index in [2.05, 4.69) is 5.10 Å². The van der Waals surface area contributed by atoms with E-state index in [0.29, 0.717) is 9.26 Å². The molecule has 0 aliphatic rings. The number of carboxylic acids is 1. The van der Waals surface area contributed by atoms with Crippen LogP contribution in [0, 0.1) is 3.57 Å². The zero-order valence-electron chi connectivity index (χ0n) is 15.4. The Labute approximate surface area is 179 Å². The number of carbonyl (C=O) groups is 3. The molecule has 0 fully saturated rings. The van der Waals surface area contributed by atoms with Crippen LogP contribution >= 0.6 is 22.6 Å². The summed E-state index contributed by atoms with van der Waals surface area (Å²) in [6.45, 7) is 0. The third-order valence-corrected chi connectivity index (χ3v) is 4.79. The SMILES string of the molecule is COC(=O)c1c(-c2ccc(I)cc2C(=O)O)nn(-c2ccccc2)c1C(=O)OC. The summed E-state index contributed by atoms with van der Waals surface area (Å²) in [5.41, 5.74) is 0.290. The first-order valence-corrected chi connectivity index (χ1v) is 9.35. The first-order valence-electron chi connectivity index (χ1n) is 8.27. The number of rotatable bonds is 5. The lowest BCUT2D eigenvalue weighted by molar-refractivity contribution is 0.0549. The molecule has 0 atom stereocenters. The molecule has 0 spiro atoms. The van der Waals surface area contributed by atoms with Gasteiger partial charge >= 0.3 is 17.9 Å². The minimum atomic E-state index is -1.19. The van der Waals surface area contributed by atoms with Gasteiger partial charge in [-0.05, 0) is 46.9 Å². The van der Waals surface area contributed by atoms with Crippen molar-refractivity contribution in [1.82, 2.24) is 9.78 Å². The number of aromatic nitrogens is 2. The summed E-state index contributed by atoms with van der Waals surface area (Å²) in [6, 6.07) is 13.3. The topological polar surface area (TPSA) is 108 Å². The van der Waals surface area contributed by atoms with Crippen molar-refractivity contribution in [3.8, 4) is 16.9 Å². The van der Waals surface area contributed by atoms with Gasteiger partial charge in [-0.25, -0.2) is 19.1 Å². The number of halogens is 1. The lowest BCUT2D eigenvalue weighted by Crippen LogP contribution is -2.15. The lowest BCUT2D eigenvalue weighted by Gasteiger charge is -2.07. The number of hydrogen-bond donors (Lipinski definition) is 1. The summed E-state index contributed by atoms with van der Waals surface area (Å²) in [5, 5.41) is 14.1. The van der Waals surface area contributed by atoms with E-state index >= 15 is 0 Å². The second-order valence-corrected chi connectivity index (χ2v) is 7.04. The van der Waals surface area contributed by atoms with Crippen LogP contribution in [0.5, 0.6) is 0 Å². The van der Waals surface area contributed by atoms with Crippen molar-refractivity contribution in [3.63, 3.8) is 0 Å². The number of methoxy groups -OCH3 is 2. The number of benzene rings is 2. The molecule has 0 aliphatic heterocycles. The maximum atomic E-state index is 12.6. The molecule has 148 valence electrons. The van der Waals surface area contributed by atoms with E-state index in [1.807, 2.05) is 22.6 Å². The Balaban J connectivity index is 2.42. The van der Waals surface area contributed by atoms with E-state index in [1.54, 1.807) is 36.4 Å². The molecule has 9 heteroatoms. The van der Waals surface area contributed by atoms with Crippen LogP contribution in [0.15, 0.2) is 48.5 Å². The monoisotopic (exact) mass is 506 g/mol. The number of para-hydroxylation sites is 1. The first kappa shape index (κ1) is 20.5. The van der Waals surface area contributed by atoms with Crippen molar-refractivity contribution in [2.24, 2.45) is 0 Å². The van der Waals surface area contributed by atoms with Crippen LogP contribution in [-0.2, 0) is 9.47 Å². The van der Waals surface area contributed by atoms with Crippen LogP contribution in [0.2, 0.25) is 0 Å². The van der Waals surface area contributed by atoms with Gasteiger partial charge in [0.1, 0.15) is 11.3 Å². The largest absolute Gasteiger partial charge is 0.478 e. The second kappa shape index (κ2) is 8.43. The van der Waals surface area contributed by atoms with Gasteiger partial charge < -0.3 is 14.6 Å². The molecule has 3 rings (SSSR count). The second-order valence-electron chi connectivity index (χ2n) is 5.80. The Morgan fingerprint density at radius 1 is 1.00 bits per heavy atom. The number of nitrogens with zero attached hydrogens (tertiary/aromatic N) is 2. The van der Waals surface area contributed by atoms with E-state index in [-0.39, 0.29) is 28.1 Å². The van der Waals surface area contributed by atoms with E-state index < -0.39 is 17.9 Å². The molecule has 1 aromatic heterocycles. The van der Waals surface area contributed by atoms with Crippen LogP contribution in [0.4, 0.5) is 0 Å². The van der Waals surface area contributed by atoms with Gasteiger partial charge in [-0.3, -0.25) is 0 Å². The highest BCUT2D eigenvalue weighted by atomic mass is 127. The molecule has 1 heterocycles. The van der Waals surface area contributed by atoms with Crippen LogP contribution < -0.4 is 0 Å². The third-order valence-electron chi connectivity index (χ3n) is 4.12. The van der Waals surface area contributed by atoms with Crippen molar-refractivity contribution in [1.29, 1.82) is 0 Å². The van der Waals surface area contributed by atoms with Crippen molar-refractivity contribution in [3.05, 3.63) is 68.9 Å². The number of aromatic carboxylic acids is 1. The normalized spacial score (nSPS) is 10.4. The fourth-order valence-electron chi connectivity index (χ4n) is 2.84. The predicted molar refractivity (Wildman–Crippen MR) is 111 cm³/mol. The number of esters is 2. The summed E-state index contributed by atoms with van der Waals surface area (Å²) in [6.07, 6.45) is 0. The van der Waals surface area contributed by atoms with Crippen LogP contribution in [0.3, 0.4) is 0 Å². The molecule has 0 unspecified atom stereocenters. The summed E-state index contributed by atoms with van der Waals surface area (Å²) < 4.78 is 11.7. The van der Waals surface area contributed by atoms with Gasteiger partial charge in [0, 0.05) is 9.13 Å². The van der Waals surface area contributed by atoms with Crippen molar-refractivity contribution < 1.29 is 29.0 Å². The third kappa shape index (κ3) is 3.86. The molecule has 1 N–H and O–H groups in total. The van der Waals surface area contributed by atoms with Crippen LogP contribution in [0.1, 0.15) is 31.2 Å². The molecule has 29 heavy (non-hydrogen) atoms. The number of carbonyl (C=O) groups excluding carboxylic acids is 2. The van der Waals surface area contributed by atoms with E-state index in [9.17, 15) is 19.5 Å². The summed E-state index contributed by atoms with van der Waals surface area (Å²) in [5.74, 6) is -2.84. The van der Waals surface area contributed by atoms with Crippen LogP contribution in [-0.4, -0.2) is 47.0 Å². The van der Waals surface area contributed by atoms with Gasteiger partial charge in [0.05, 0.1) is 25.5 Å². The van der Waals surface area contributed by atoms with Gasteiger partial charge in [-0.1, -0.05) is 24.3 Å². The van der Waals surface area contributed by atoms with E-state index in [1.165, 1.54) is 31.0 Å². The molecule has 0 bridgehead atoms. The first-order chi connectivity index (χ1) is 13.9. The van der Waals surface area contributed by atoms with Gasteiger partial charge in [0.2, 0.25) is 0 Å². The Kier molecular flexibility index (Phi) is 5.97. The highest BCUT2D eigenvalue weighted by Crippen LogP contribution is 2.32. The quantitative estimate of drug-likeness (QED) is 0.418. The molecule has 2 aromatic carbocycles. The zero-order chi connectivity index (χ0) is 21.1. The zero-order valence-corrected chi connectivity index (χ0v) is 17.5. The van der Waals surface area contributed by atoms with Gasteiger partial charge in [-0.15, -0.1) is 0 Å². The van der Waals surface area contributed by atoms with E-state index in [0.717, 1.165) is 0 Å². The van der Waals surface area contributed by atoms with E-state index in [4.69, 9.17) is 9.47 Å². The van der Waals surface area contributed by atoms with Gasteiger partial charge in [0.25, 0.3) is 0 Å². The molecule has 0 aliphatic carbocycles. The minimum Gasteiger partial charge on any atom is -0.478 e. The predicted octanol–water partition coefficient (Wildman–Crippen LogP) is 3.42. The Morgan fingerprint density at radius 2 is 1.66 bits per heavy atom. The number of carboxylic acid groups (broad SMARTS) is 1. The fourth-order valence-corrected chi connectivity index (χ4v) is 3.33. The molecule has 0 saturated carbocycles. The molecule has 8 nitrogen and oxygen atoms in total. The molecule has 0 radical (unpaired) electrons. The molecular weight excluding hydrogens is 491 g/mol. The lowest BCUT2D eigenvalue weighted by atomic mass is 10.0. The average Bonchev–Trinajstić information content (AvgIpc) is 3.13. The van der Waals surface area contributed by atoms with Crippen molar-refractivity contribution >= 4 is 40.5 Å². The Hall–Kier alpha value is -3.21. The fraction of sp³-hybridized carbons (Fsp3) is 0.100. The maximum absolute atomic E-state index is 12.6.